The molecule has 0 atom stereocenters. The molecule has 0 saturated heterocycles. The third-order valence-electron chi connectivity index (χ3n) is 4.30. The minimum absolute atomic E-state index is 0.0338. The molecule has 2 aromatic heterocycles. The van der Waals surface area contributed by atoms with Crippen molar-refractivity contribution in [2.24, 2.45) is 4.99 Å². The number of hydrogen-bond acceptors (Lipinski definition) is 10. The Morgan fingerprint density at radius 2 is 1.71 bits per heavy atom. The van der Waals surface area contributed by atoms with Gasteiger partial charge in [0.1, 0.15) is 21.1 Å². The van der Waals surface area contributed by atoms with Crippen LogP contribution in [0.25, 0.3) is 0 Å². The minimum atomic E-state index is -0.831. The Morgan fingerprint density at radius 1 is 1.06 bits per heavy atom. The monoisotopic (exact) mass is 579 g/mol. The number of nitrogens with zero attached hydrogens (tertiary/aromatic N) is 2. The van der Waals surface area contributed by atoms with Crippen LogP contribution in [0.15, 0.2) is 45.9 Å². The molecule has 0 bridgehead atoms. The van der Waals surface area contributed by atoms with Crippen molar-refractivity contribution in [2.75, 3.05) is 18.5 Å². The second-order valence-corrected chi connectivity index (χ2v) is 9.50. The summed E-state index contributed by atoms with van der Waals surface area (Å²) in [5.41, 5.74) is -0.0376. The number of rotatable bonds is 9. The zero-order valence-corrected chi connectivity index (χ0v) is 21.6. The van der Waals surface area contributed by atoms with Crippen LogP contribution in [0.3, 0.4) is 0 Å². The van der Waals surface area contributed by atoms with Crippen LogP contribution in [-0.4, -0.2) is 42.2 Å². The fraction of sp³-hybridized carbons (Fsp3) is 0.182. The molecule has 0 aliphatic rings. The molecule has 0 saturated carbocycles. The number of benzene rings is 1. The Kier molecular flexibility index (Phi) is 8.84. The van der Waals surface area contributed by atoms with E-state index in [0.717, 1.165) is 22.7 Å². The number of hydrogen-bond donors (Lipinski definition) is 1. The number of nitrogens with one attached hydrogen (secondary N) is 1. The van der Waals surface area contributed by atoms with Crippen LogP contribution in [0.5, 0.6) is 0 Å². The fourth-order valence-corrected chi connectivity index (χ4v) is 5.01. The molecule has 0 fully saturated rings. The topological polar surface area (TPSA) is 137 Å². The Hall–Kier alpha value is -3.42. The largest absolute Gasteiger partial charge is 0.462 e. The summed E-state index contributed by atoms with van der Waals surface area (Å²) in [6.07, 6.45) is 1.33. The first kappa shape index (κ1) is 26.2. The number of aliphatic imine (C=N–C) groups is 1. The minimum Gasteiger partial charge on any atom is -0.462 e. The maximum absolute atomic E-state index is 12.9. The first-order valence-electron chi connectivity index (χ1n) is 10.1. The van der Waals surface area contributed by atoms with Gasteiger partial charge in [-0.2, -0.15) is 0 Å². The van der Waals surface area contributed by atoms with E-state index >= 15 is 0 Å². The second-order valence-electron chi connectivity index (χ2n) is 6.55. The number of nitro groups is 1. The third-order valence-corrected chi connectivity index (χ3v) is 6.97. The van der Waals surface area contributed by atoms with E-state index in [2.05, 4.69) is 26.2 Å². The highest BCUT2D eigenvalue weighted by Gasteiger charge is 2.31. The van der Waals surface area contributed by atoms with Crippen molar-refractivity contribution in [1.29, 1.82) is 0 Å². The predicted molar refractivity (Wildman–Crippen MR) is 137 cm³/mol. The maximum atomic E-state index is 12.9. The lowest BCUT2D eigenvalue weighted by molar-refractivity contribution is -0.380. The molecule has 182 valence electrons. The third kappa shape index (κ3) is 6.18. The van der Waals surface area contributed by atoms with Gasteiger partial charge in [-0.25, -0.2) is 14.6 Å². The van der Waals surface area contributed by atoms with Gasteiger partial charge < -0.3 is 14.8 Å². The van der Waals surface area contributed by atoms with Crippen LogP contribution in [-0.2, 0) is 9.47 Å². The molecule has 0 unspecified atom stereocenters. The Balaban J connectivity index is 2.10. The molecule has 10 nitrogen and oxygen atoms in total. The molecule has 3 rings (SSSR count). The zero-order chi connectivity index (χ0) is 25.5. The van der Waals surface area contributed by atoms with Crippen LogP contribution in [0, 0.1) is 10.1 Å². The van der Waals surface area contributed by atoms with Gasteiger partial charge in [0.15, 0.2) is 0 Å². The number of anilines is 1. The number of amides is 1. The number of ether oxygens (including phenoxy) is 2. The predicted octanol–water partition coefficient (Wildman–Crippen LogP) is 5.84. The van der Waals surface area contributed by atoms with E-state index in [-0.39, 0.29) is 39.3 Å². The molecule has 3 aromatic rings. The highest BCUT2D eigenvalue weighted by molar-refractivity contribution is 9.10. The number of esters is 2. The van der Waals surface area contributed by atoms with E-state index in [1.54, 1.807) is 38.1 Å². The van der Waals surface area contributed by atoms with Gasteiger partial charge in [0.05, 0.1) is 28.6 Å². The zero-order valence-electron chi connectivity index (χ0n) is 18.4. The summed E-state index contributed by atoms with van der Waals surface area (Å²) in [7, 11) is 0. The number of halogens is 1. The molecule has 0 aliphatic heterocycles. The van der Waals surface area contributed by atoms with Crippen molar-refractivity contribution in [3.05, 3.63) is 72.6 Å². The van der Waals surface area contributed by atoms with Gasteiger partial charge >= 0.3 is 16.9 Å². The molecule has 1 aromatic carbocycles. The Bertz CT molecular complexity index is 1320. The first-order valence-corrected chi connectivity index (χ1v) is 12.5. The Labute approximate surface area is 215 Å². The summed E-state index contributed by atoms with van der Waals surface area (Å²) < 4.78 is 10.8. The molecule has 1 amide bonds. The van der Waals surface area contributed by atoms with Crippen molar-refractivity contribution in [3.8, 4) is 0 Å². The maximum Gasteiger partial charge on any atom is 0.342 e. The summed E-state index contributed by atoms with van der Waals surface area (Å²) in [6.45, 7) is 3.29. The number of carbonyl (C=O) groups excluding carboxylic acids is 3. The second kappa shape index (κ2) is 11.8. The molecule has 0 spiro atoms. The van der Waals surface area contributed by atoms with E-state index in [4.69, 9.17) is 9.47 Å². The van der Waals surface area contributed by atoms with E-state index in [1.807, 2.05) is 0 Å². The van der Waals surface area contributed by atoms with E-state index in [0.29, 0.717) is 14.9 Å². The highest BCUT2D eigenvalue weighted by Crippen LogP contribution is 2.41. The Morgan fingerprint density at radius 3 is 2.31 bits per heavy atom. The van der Waals surface area contributed by atoms with Gasteiger partial charge in [-0.15, -0.1) is 0 Å². The van der Waals surface area contributed by atoms with Crippen molar-refractivity contribution < 1.29 is 28.8 Å². The molecule has 2 heterocycles. The van der Waals surface area contributed by atoms with Gasteiger partial charge in [-0.3, -0.25) is 14.9 Å². The molecular formula is C22H18BrN3O7S2. The van der Waals surface area contributed by atoms with Crippen molar-refractivity contribution >= 4 is 77.7 Å². The van der Waals surface area contributed by atoms with Crippen molar-refractivity contribution in [2.45, 2.75) is 13.8 Å². The van der Waals surface area contributed by atoms with Crippen LogP contribution in [0.1, 0.15) is 49.8 Å². The highest BCUT2D eigenvalue weighted by atomic mass is 79.9. The van der Waals surface area contributed by atoms with Gasteiger partial charge in [0, 0.05) is 16.8 Å². The molecule has 35 heavy (non-hydrogen) atoms. The van der Waals surface area contributed by atoms with Crippen molar-refractivity contribution in [3.63, 3.8) is 0 Å². The summed E-state index contributed by atoms with van der Waals surface area (Å²) in [6, 6.07) is 9.55. The molecule has 0 radical (unpaired) electrons. The lowest BCUT2D eigenvalue weighted by Gasteiger charge is -2.09. The summed E-state index contributed by atoms with van der Waals surface area (Å²) in [4.78, 5) is 53.8. The summed E-state index contributed by atoms with van der Waals surface area (Å²) in [5, 5.41) is 13.7. The lowest BCUT2D eigenvalue weighted by atomic mass is 10.1. The van der Waals surface area contributed by atoms with Gasteiger partial charge in [-0.05, 0) is 48.0 Å². The van der Waals surface area contributed by atoms with E-state index in [9.17, 15) is 24.5 Å². The number of thiophene rings is 2. The summed E-state index contributed by atoms with van der Waals surface area (Å²) >= 11 is 5.09. The molecular weight excluding hydrogens is 562 g/mol. The van der Waals surface area contributed by atoms with Gasteiger partial charge in [0.2, 0.25) is 0 Å². The van der Waals surface area contributed by atoms with Crippen LogP contribution < -0.4 is 5.32 Å². The van der Waals surface area contributed by atoms with Gasteiger partial charge in [0.25, 0.3) is 5.91 Å². The average Bonchev–Trinajstić information content (AvgIpc) is 3.43. The van der Waals surface area contributed by atoms with E-state index in [1.165, 1.54) is 18.3 Å². The van der Waals surface area contributed by atoms with Crippen molar-refractivity contribution in [1.82, 2.24) is 0 Å². The van der Waals surface area contributed by atoms with Crippen LogP contribution >= 0.6 is 38.6 Å². The number of carbonyl (C=O) groups is 3. The SMILES string of the molecule is CCOC(=O)c1c(N=Cc2ccc([N+](=O)[O-])s2)sc(NC(=O)c2ccccc2Br)c1C(=O)OCC. The molecule has 0 aliphatic carbocycles. The van der Waals surface area contributed by atoms with Crippen LogP contribution in [0.4, 0.5) is 15.0 Å². The van der Waals surface area contributed by atoms with Gasteiger partial charge in [-0.1, -0.05) is 34.8 Å². The average molecular weight is 580 g/mol. The standard InChI is InChI=1S/C22H18BrN3O7S2/c1-3-32-21(28)16-17(22(29)33-4-2)20(25-18(27)13-7-5-6-8-14(13)23)35-19(16)24-11-12-9-10-15(34-12)26(30)31/h5-11H,3-4H2,1-2H3,(H,25,27). The summed E-state index contributed by atoms with van der Waals surface area (Å²) in [5.74, 6) is -2.18. The molecule has 1 N–H and O–H groups in total. The molecule has 13 heteroatoms. The first-order chi connectivity index (χ1) is 16.8. The normalized spacial score (nSPS) is 10.8. The van der Waals surface area contributed by atoms with Crippen LogP contribution in [0.2, 0.25) is 0 Å². The fourth-order valence-electron chi connectivity index (χ4n) is 2.84. The quantitative estimate of drug-likeness (QED) is 0.145. The smallest absolute Gasteiger partial charge is 0.342 e. The lowest BCUT2D eigenvalue weighted by Crippen LogP contribution is -2.17. The van der Waals surface area contributed by atoms with E-state index < -0.39 is 22.8 Å².